The van der Waals surface area contributed by atoms with Gasteiger partial charge in [-0.25, -0.2) is 0 Å². The number of rotatable bonds is 21. The Bertz CT molecular complexity index is 364. The van der Waals surface area contributed by atoms with E-state index in [-0.39, 0.29) is 5.92 Å². The fraction of sp³-hybridized carbons (Fsp3) is 0.963. The molecule has 0 saturated heterocycles. The highest BCUT2D eigenvalue weighted by atomic mass is 16.4. The van der Waals surface area contributed by atoms with Crippen LogP contribution in [0.3, 0.4) is 0 Å². The Morgan fingerprint density at radius 2 is 1.21 bits per heavy atom. The number of carboxylic acids is 1. The van der Waals surface area contributed by atoms with Crippen LogP contribution >= 0.6 is 0 Å². The summed E-state index contributed by atoms with van der Waals surface area (Å²) in [7, 11) is 0. The molecule has 0 fully saturated rings. The van der Waals surface area contributed by atoms with Crippen molar-refractivity contribution in [1.82, 2.24) is 0 Å². The SMILES string of the molecule is CCCCC(CCC)CC(CC(C)CCCCCCCCCCC(C)C)C(=O)O. The van der Waals surface area contributed by atoms with Crippen LogP contribution in [-0.2, 0) is 4.79 Å². The van der Waals surface area contributed by atoms with Crippen LogP contribution in [0, 0.1) is 23.7 Å². The predicted molar refractivity (Wildman–Crippen MR) is 128 cm³/mol. The molecular weight excluding hydrogens is 356 g/mol. The van der Waals surface area contributed by atoms with Gasteiger partial charge in [-0.3, -0.25) is 4.79 Å². The molecule has 0 saturated carbocycles. The maximum absolute atomic E-state index is 11.8. The fourth-order valence-corrected chi connectivity index (χ4v) is 4.69. The predicted octanol–water partition coefficient (Wildman–Crippen LogP) is 9.27. The molecule has 0 aliphatic rings. The van der Waals surface area contributed by atoms with Gasteiger partial charge in [-0.05, 0) is 30.6 Å². The van der Waals surface area contributed by atoms with E-state index in [4.69, 9.17) is 0 Å². The molecule has 0 bridgehead atoms. The smallest absolute Gasteiger partial charge is 0.306 e. The largest absolute Gasteiger partial charge is 0.481 e. The van der Waals surface area contributed by atoms with Gasteiger partial charge in [0.15, 0.2) is 0 Å². The van der Waals surface area contributed by atoms with Crippen molar-refractivity contribution in [2.75, 3.05) is 0 Å². The van der Waals surface area contributed by atoms with Gasteiger partial charge >= 0.3 is 5.97 Å². The second-order valence-corrected chi connectivity index (χ2v) is 10.2. The van der Waals surface area contributed by atoms with Crippen molar-refractivity contribution in [3.05, 3.63) is 0 Å². The Labute approximate surface area is 183 Å². The molecule has 0 rings (SSSR count). The number of aliphatic carboxylic acids is 1. The molecule has 1 N–H and O–H groups in total. The standard InChI is InChI=1S/C27H54O2/c1-6-8-20-25(17-7-2)22-26(27(28)29)21-24(5)19-16-14-12-10-9-11-13-15-18-23(3)4/h23-26H,6-22H2,1-5H3,(H,28,29). The van der Waals surface area contributed by atoms with E-state index in [0.717, 1.165) is 18.8 Å². The van der Waals surface area contributed by atoms with E-state index >= 15 is 0 Å². The lowest BCUT2D eigenvalue weighted by Crippen LogP contribution is -2.20. The second kappa shape index (κ2) is 19.4. The van der Waals surface area contributed by atoms with Gasteiger partial charge in [-0.15, -0.1) is 0 Å². The van der Waals surface area contributed by atoms with Crippen LogP contribution < -0.4 is 0 Å². The van der Waals surface area contributed by atoms with E-state index in [0.29, 0.717) is 11.8 Å². The van der Waals surface area contributed by atoms with Crippen LogP contribution in [0.1, 0.15) is 144 Å². The van der Waals surface area contributed by atoms with Gasteiger partial charge in [0.2, 0.25) is 0 Å². The fourth-order valence-electron chi connectivity index (χ4n) is 4.69. The summed E-state index contributed by atoms with van der Waals surface area (Å²) in [6, 6.07) is 0. The minimum absolute atomic E-state index is 0.135. The summed E-state index contributed by atoms with van der Waals surface area (Å²) < 4.78 is 0. The van der Waals surface area contributed by atoms with Crippen LogP contribution in [0.4, 0.5) is 0 Å². The highest BCUT2D eigenvalue weighted by Crippen LogP contribution is 2.29. The zero-order chi connectivity index (χ0) is 21.9. The van der Waals surface area contributed by atoms with Crippen molar-refractivity contribution in [2.24, 2.45) is 23.7 Å². The van der Waals surface area contributed by atoms with Crippen molar-refractivity contribution in [3.8, 4) is 0 Å². The van der Waals surface area contributed by atoms with Crippen molar-refractivity contribution in [1.29, 1.82) is 0 Å². The Morgan fingerprint density at radius 1 is 0.655 bits per heavy atom. The first-order valence-electron chi connectivity index (χ1n) is 13.1. The third-order valence-corrected chi connectivity index (χ3v) is 6.55. The number of hydrogen-bond acceptors (Lipinski definition) is 1. The number of carboxylic acid groups (broad SMARTS) is 1. The topological polar surface area (TPSA) is 37.3 Å². The van der Waals surface area contributed by atoms with E-state index in [9.17, 15) is 9.90 Å². The average molecular weight is 411 g/mol. The lowest BCUT2D eigenvalue weighted by Gasteiger charge is -2.23. The van der Waals surface area contributed by atoms with Crippen LogP contribution in [0.15, 0.2) is 0 Å². The lowest BCUT2D eigenvalue weighted by atomic mass is 9.82. The first-order valence-corrected chi connectivity index (χ1v) is 13.1. The second-order valence-electron chi connectivity index (χ2n) is 10.2. The third-order valence-electron chi connectivity index (χ3n) is 6.55. The van der Waals surface area contributed by atoms with E-state index in [2.05, 4.69) is 34.6 Å². The molecule has 174 valence electrons. The van der Waals surface area contributed by atoms with Crippen molar-refractivity contribution in [2.45, 2.75) is 144 Å². The van der Waals surface area contributed by atoms with Crippen LogP contribution in [0.5, 0.6) is 0 Å². The zero-order valence-electron chi connectivity index (χ0n) is 20.7. The number of unbranched alkanes of at least 4 members (excludes halogenated alkanes) is 8. The Hall–Kier alpha value is -0.530. The summed E-state index contributed by atoms with van der Waals surface area (Å²) in [6.45, 7) is 11.4. The first kappa shape index (κ1) is 28.5. The van der Waals surface area contributed by atoms with Crippen molar-refractivity contribution in [3.63, 3.8) is 0 Å². The Balaban J connectivity index is 3.92. The van der Waals surface area contributed by atoms with Crippen LogP contribution in [-0.4, -0.2) is 11.1 Å². The van der Waals surface area contributed by atoms with Crippen LogP contribution in [0.25, 0.3) is 0 Å². The molecular formula is C27H54O2. The van der Waals surface area contributed by atoms with Gasteiger partial charge in [-0.1, -0.05) is 131 Å². The van der Waals surface area contributed by atoms with Gasteiger partial charge in [0, 0.05) is 0 Å². The van der Waals surface area contributed by atoms with E-state index in [1.807, 2.05) is 0 Å². The van der Waals surface area contributed by atoms with Crippen molar-refractivity contribution >= 4 is 5.97 Å². The lowest BCUT2D eigenvalue weighted by molar-refractivity contribution is -0.143. The molecule has 0 aromatic heterocycles. The molecule has 0 radical (unpaired) electrons. The molecule has 2 nitrogen and oxygen atoms in total. The maximum atomic E-state index is 11.8. The molecule has 0 amide bonds. The minimum Gasteiger partial charge on any atom is -0.481 e. The van der Waals surface area contributed by atoms with Gasteiger partial charge < -0.3 is 5.11 Å². The normalized spacial score (nSPS) is 14.8. The highest BCUT2D eigenvalue weighted by molar-refractivity contribution is 5.69. The molecule has 0 heterocycles. The van der Waals surface area contributed by atoms with Gasteiger partial charge in [-0.2, -0.15) is 0 Å². The molecule has 0 aromatic carbocycles. The monoisotopic (exact) mass is 410 g/mol. The molecule has 0 spiro atoms. The Morgan fingerprint density at radius 3 is 1.69 bits per heavy atom. The maximum Gasteiger partial charge on any atom is 0.306 e. The highest BCUT2D eigenvalue weighted by Gasteiger charge is 2.24. The summed E-state index contributed by atoms with van der Waals surface area (Å²) in [5.74, 6) is 1.30. The summed E-state index contributed by atoms with van der Waals surface area (Å²) in [4.78, 5) is 11.8. The Kier molecular flexibility index (Phi) is 19.1. The van der Waals surface area contributed by atoms with Gasteiger partial charge in [0.25, 0.3) is 0 Å². The number of carbonyl (C=O) groups is 1. The molecule has 0 aliphatic heterocycles. The molecule has 3 unspecified atom stereocenters. The van der Waals surface area contributed by atoms with Gasteiger partial charge in [0.1, 0.15) is 0 Å². The zero-order valence-corrected chi connectivity index (χ0v) is 20.7. The van der Waals surface area contributed by atoms with Gasteiger partial charge in [0.05, 0.1) is 5.92 Å². The van der Waals surface area contributed by atoms with E-state index in [1.165, 1.54) is 96.3 Å². The molecule has 0 aliphatic carbocycles. The van der Waals surface area contributed by atoms with Crippen molar-refractivity contribution < 1.29 is 9.90 Å². The quantitative estimate of drug-likeness (QED) is 0.191. The molecule has 0 aromatic rings. The molecule has 3 atom stereocenters. The summed E-state index contributed by atoms with van der Waals surface area (Å²) in [6.07, 6.45) is 21.3. The summed E-state index contributed by atoms with van der Waals surface area (Å²) >= 11 is 0. The summed E-state index contributed by atoms with van der Waals surface area (Å²) in [5, 5.41) is 9.73. The summed E-state index contributed by atoms with van der Waals surface area (Å²) in [5.41, 5.74) is 0. The van der Waals surface area contributed by atoms with E-state index < -0.39 is 5.97 Å². The number of hydrogen-bond donors (Lipinski definition) is 1. The molecule has 29 heavy (non-hydrogen) atoms. The minimum atomic E-state index is -0.563. The first-order chi connectivity index (χ1) is 13.9. The van der Waals surface area contributed by atoms with Crippen LogP contribution in [0.2, 0.25) is 0 Å². The molecule has 2 heteroatoms. The average Bonchev–Trinajstić information content (AvgIpc) is 2.66. The third kappa shape index (κ3) is 18.0. The van der Waals surface area contributed by atoms with E-state index in [1.54, 1.807) is 0 Å².